The van der Waals surface area contributed by atoms with E-state index >= 15 is 0 Å². The van der Waals surface area contributed by atoms with Gasteiger partial charge in [-0.3, -0.25) is 9.59 Å². The van der Waals surface area contributed by atoms with Crippen LogP contribution in [0.1, 0.15) is 18.5 Å². The summed E-state index contributed by atoms with van der Waals surface area (Å²) in [5, 5.41) is 4.00. The molecule has 8 nitrogen and oxygen atoms in total. The van der Waals surface area contributed by atoms with E-state index < -0.39 is 0 Å². The summed E-state index contributed by atoms with van der Waals surface area (Å²) in [6.07, 6.45) is 1.39. The Morgan fingerprint density at radius 3 is 2.69 bits per heavy atom. The van der Waals surface area contributed by atoms with Crippen molar-refractivity contribution in [2.75, 3.05) is 19.9 Å². The normalized spacial score (nSPS) is 16.7. The Morgan fingerprint density at radius 2 is 1.92 bits per heavy atom. The van der Waals surface area contributed by atoms with Gasteiger partial charge in [0.25, 0.3) is 0 Å². The molecule has 2 aromatic rings. The zero-order valence-corrected chi connectivity index (χ0v) is 14.1. The number of ether oxygens (including phenoxy) is 2. The highest BCUT2D eigenvalue weighted by atomic mass is 16.7. The molecule has 0 spiro atoms. The Hall–Kier alpha value is -3.03. The van der Waals surface area contributed by atoms with Crippen molar-refractivity contribution in [1.29, 1.82) is 0 Å². The van der Waals surface area contributed by atoms with Gasteiger partial charge in [0.1, 0.15) is 0 Å². The van der Waals surface area contributed by atoms with Crippen LogP contribution in [0.4, 0.5) is 0 Å². The number of carbonyl (C=O) groups is 2. The lowest BCUT2D eigenvalue weighted by Crippen LogP contribution is -2.42. The van der Waals surface area contributed by atoms with E-state index in [1.54, 1.807) is 11.0 Å². The summed E-state index contributed by atoms with van der Waals surface area (Å²) >= 11 is 0. The number of hydrogen-bond donors (Lipinski definition) is 1. The van der Waals surface area contributed by atoms with Gasteiger partial charge in [0.2, 0.25) is 18.6 Å². The number of aromatic nitrogens is 1. The van der Waals surface area contributed by atoms with E-state index in [9.17, 15) is 9.59 Å². The van der Waals surface area contributed by atoms with Crippen LogP contribution in [0, 0.1) is 5.92 Å². The molecule has 2 aliphatic heterocycles. The molecule has 2 amide bonds. The van der Waals surface area contributed by atoms with Crippen LogP contribution in [0.3, 0.4) is 0 Å². The zero-order chi connectivity index (χ0) is 18.1. The van der Waals surface area contributed by atoms with Crippen molar-refractivity contribution in [2.45, 2.75) is 19.3 Å². The van der Waals surface area contributed by atoms with Crippen molar-refractivity contribution in [3.8, 4) is 22.8 Å². The fraction of sp³-hybridized carbons (Fsp3) is 0.389. The lowest BCUT2D eigenvalue weighted by molar-refractivity contribution is -0.134. The van der Waals surface area contributed by atoms with Crippen molar-refractivity contribution in [2.24, 2.45) is 11.7 Å². The third-order valence-electron chi connectivity index (χ3n) is 4.80. The second kappa shape index (κ2) is 6.70. The molecule has 136 valence electrons. The summed E-state index contributed by atoms with van der Waals surface area (Å²) in [5.74, 6) is 1.47. The van der Waals surface area contributed by atoms with E-state index in [-0.39, 0.29) is 30.9 Å². The van der Waals surface area contributed by atoms with Gasteiger partial charge in [0.15, 0.2) is 17.3 Å². The Kier molecular flexibility index (Phi) is 4.24. The number of benzene rings is 1. The van der Waals surface area contributed by atoms with Crippen LogP contribution in [0.25, 0.3) is 11.3 Å². The number of piperidine rings is 1. The molecule has 0 bridgehead atoms. The van der Waals surface area contributed by atoms with Crippen LogP contribution in [0.5, 0.6) is 11.5 Å². The number of nitrogens with two attached hydrogens (primary N) is 1. The zero-order valence-electron chi connectivity index (χ0n) is 14.1. The molecule has 0 atom stereocenters. The summed E-state index contributed by atoms with van der Waals surface area (Å²) < 4.78 is 16.0. The van der Waals surface area contributed by atoms with E-state index in [2.05, 4.69) is 5.16 Å². The Balaban J connectivity index is 1.39. The molecule has 26 heavy (non-hydrogen) atoms. The molecule has 0 saturated carbocycles. The van der Waals surface area contributed by atoms with Gasteiger partial charge in [0, 0.05) is 30.6 Å². The van der Waals surface area contributed by atoms with Crippen molar-refractivity contribution in [3.63, 3.8) is 0 Å². The molecule has 0 unspecified atom stereocenters. The molecular weight excluding hydrogens is 338 g/mol. The molecule has 4 rings (SSSR count). The van der Waals surface area contributed by atoms with Gasteiger partial charge in [-0.2, -0.15) is 0 Å². The van der Waals surface area contributed by atoms with Gasteiger partial charge in [-0.1, -0.05) is 5.16 Å². The highest BCUT2D eigenvalue weighted by Gasteiger charge is 2.26. The standard InChI is InChI=1S/C18H19N3O5/c19-18(23)11-3-5-21(6-4-11)17(22)9-13-8-15(26-20-13)12-1-2-14-16(7-12)25-10-24-14/h1-2,7-8,11H,3-6,9-10H2,(H2,19,23). The Morgan fingerprint density at radius 1 is 1.15 bits per heavy atom. The SMILES string of the molecule is NC(=O)C1CCN(C(=O)Cc2cc(-c3ccc4c(c3)OCO4)on2)CC1. The number of fused-ring (bicyclic) bond motifs is 1. The molecule has 1 saturated heterocycles. The predicted octanol–water partition coefficient (Wildman–Crippen LogP) is 1.34. The van der Waals surface area contributed by atoms with Crippen LogP contribution >= 0.6 is 0 Å². The van der Waals surface area contributed by atoms with Gasteiger partial charge >= 0.3 is 0 Å². The quantitative estimate of drug-likeness (QED) is 0.884. The first-order valence-corrected chi connectivity index (χ1v) is 8.53. The molecule has 0 radical (unpaired) electrons. The number of rotatable bonds is 4. The minimum Gasteiger partial charge on any atom is -0.454 e. The first-order chi connectivity index (χ1) is 12.6. The second-order valence-corrected chi connectivity index (χ2v) is 6.48. The third-order valence-corrected chi connectivity index (χ3v) is 4.80. The van der Waals surface area contributed by atoms with E-state index in [1.807, 2.05) is 18.2 Å². The summed E-state index contributed by atoms with van der Waals surface area (Å²) in [4.78, 5) is 25.4. The molecule has 1 aromatic carbocycles. The summed E-state index contributed by atoms with van der Waals surface area (Å²) in [7, 11) is 0. The number of nitrogens with zero attached hydrogens (tertiary/aromatic N) is 2. The fourth-order valence-electron chi connectivity index (χ4n) is 3.26. The maximum absolute atomic E-state index is 12.4. The van der Waals surface area contributed by atoms with Crippen LogP contribution in [-0.4, -0.2) is 41.8 Å². The molecule has 0 aliphatic carbocycles. The van der Waals surface area contributed by atoms with Gasteiger partial charge in [-0.05, 0) is 31.0 Å². The first kappa shape index (κ1) is 16.4. The summed E-state index contributed by atoms with van der Waals surface area (Å²) in [5.41, 5.74) is 6.70. The maximum atomic E-state index is 12.4. The highest BCUT2D eigenvalue weighted by molar-refractivity contribution is 5.80. The van der Waals surface area contributed by atoms with E-state index in [0.717, 1.165) is 5.56 Å². The lowest BCUT2D eigenvalue weighted by Gasteiger charge is -2.30. The number of hydrogen-bond acceptors (Lipinski definition) is 6. The molecule has 3 heterocycles. The van der Waals surface area contributed by atoms with Gasteiger partial charge in [-0.15, -0.1) is 0 Å². The first-order valence-electron chi connectivity index (χ1n) is 8.53. The molecule has 1 fully saturated rings. The second-order valence-electron chi connectivity index (χ2n) is 6.48. The third kappa shape index (κ3) is 3.22. The topological polar surface area (TPSA) is 108 Å². The van der Waals surface area contributed by atoms with Crippen molar-refractivity contribution >= 4 is 11.8 Å². The largest absolute Gasteiger partial charge is 0.454 e. The average Bonchev–Trinajstić information content (AvgIpc) is 3.30. The number of carbonyl (C=O) groups excluding carboxylic acids is 2. The number of primary amides is 1. The van der Waals surface area contributed by atoms with Crippen LogP contribution < -0.4 is 15.2 Å². The molecule has 2 aliphatic rings. The number of amides is 2. The van der Waals surface area contributed by atoms with Crippen LogP contribution in [0.15, 0.2) is 28.8 Å². The maximum Gasteiger partial charge on any atom is 0.231 e. The number of likely N-dealkylation sites (tertiary alicyclic amines) is 1. The summed E-state index contributed by atoms with van der Waals surface area (Å²) in [6, 6.07) is 7.25. The van der Waals surface area contributed by atoms with E-state index in [4.69, 9.17) is 19.7 Å². The van der Waals surface area contributed by atoms with Gasteiger partial charge < -0.3 is 24.6 Å². The van der Waals surface area contributed by atoms with E-state index in [0.29, 0.717) is 48.9 Å². The molecule has 2 N–H and O–H groups in total. The fourth-order valence-corrected chi connectivity index (χ4v) is 3.26. The van der Waals surface area contributed by atoms with Gasteiger partial charge in [0.05, 0.1) is 12.1 Å². The lowest BCUT2D eigenvalue weighted by atomic mass is 9.96. The molecule has 1 aromatic heterocycles. The Labute approximate surface area is 149 Å². The van der Waals surface area contributed by atoms with E-state index in [1.165, 1.54) is 0 Å². The molecule has 8 heteroatoms. The average molecular weight is 357 g/mol. The molecular formula is C18H19N3O5. The Bertz CT molecular complexity index is 839. The van der Waals surface area contributed by atoms with Crippen molar-refractivity contribution in [1.82, 2.24) is 10.1 Å². The predicted molar refractivity (Wildman–Crippen MR) is 90.3 cm³/mol. The monoisotopic (exact) mass is 357 g/mol. The van der Waals surface area contributed by atoms with Crippen LogP contribution in [-0.2, 0) is 16.0 Å². The van der Waals surface area contributed by atoms with Crippen LogP contribution in [0.2, 0.25) is 0 Å². The smallest absolute Gasteiger partial charge is 0.231 e. The highest BCUT2D eigenvalue weighted by Crippen LogP contribution is 2.36. The summed E-state index contributed by atoms with van der Waals surface area (Å²) in [6.45, 7) is 1.29. The van der Waals surface area contributed by atoms with Gasteiger partial charge in [-0.25, -0.2) is 0 Å². The van der Waals surface area contributed by atoms with Crippen molar-refractivity contribution < 1.29 is 23.6 Å². The minimum absolute atomic E-state index is 0.0292. The van der Waals surface area contributed by atoms with Crippen molar-refractivity contribution in [3.05, 3.63) is 30.0 Å². The minimum atomic E-state index is -0.290.